The molecule has 2 N–H and O–H groups in total. The van der Waals surface area contributed by atoms with Crippen LogP contribution in [0.25, 0.3) is 0 Å². The van der Waals surface area contributed by atoms with Crippen molar-refractivity contribution in [2.24, 2.45) is 17.6 Å². The summed E-state index contributed by atoms with van der Waals surface area (Å²) in [5, 5.41) is 0. The van der Waals surface area contributed by atoms with Crippen LogP contribution in [0.2, 0.25) is 0 Å². The summed E-state index contributed by atoms with van der Waals surface area (Å²) in [6.45, 7) is 12.8. The van der Waals surface area contributed by atoms with Crippen LogP contribution >= 0.6 is 0 Å². The average Bonchev–Trinajstić information content (AvgIpc) is 2.19. The van der Waals surface area contributed by atoms with Crippen molar-refractivity contribution < 1.29 is 0 Å². The van der Waals surface area contributed by atoms with Gasteiger partial charge in [-0.1, -0.05) is 27.7 Å². The fourth-order valence-electron chi connectivity index (χ4n) is 2.39. The van der Waals surface area contributed by atoms with E-state index in [1.807, 2.05) is 0 Å². The molecule has 2 heteroatoms. The maximum Gasteiger partial charge on any atom is 0.0283 e. The second kappa shape index (κ2) is 6.75. The van der Waals surface area contributed by atoms with Crippen molar-refractivity contribution in [1.82, 2.24) is 4.90 Å². The summed E-state index contributed by atoms with van der Waals surface area (Å²) < 4.78 is 0. The number of rotatable bonds is 8. The Labute approximate surface area is 108 Å². The quantitative estimate of drug-likeness (QED) is 0.705. The highest BCUT2D eigenvalue weighted by Crippen LogP contribution is 2.30. The molecule has 2 nitrogen and oxygen atoms in total. The van der Waals surface area contributed by atoms with E-state index in [1.54, 1.807) is 0 Å². The van der Waals surface area contributed by atoms with Crippen molar-refractivity contribution in [3.05, 3.63) is 0 Å². The van der Waals surface area contributed by atoms with Crippen molar-refractivity contribution in [3.63, 3.8) is 0 Å². The lowest BCUT2D eigenvalue weighted by atomic mass is 9.77. The Kier molecular flexibility index (Phi) is 5.94. The van der Waals surface area contributed by atoms with Crippen molar-refractivity contribution in [1.29, 1.82) is 0 Å². The van der Waals surface area contributed by atoms with Crippen LogP contribution in [0.5, 0.6) is 0 Å². The van der Waals surface area contributed by atoms with Gasteiger partial charge in [0.05, 0.1) is 0 Å². The predicted molar refractivity (Wildman–Crippen MR) is 76.1 cm³/mol. The van der Waals surface area contributed by atoms with Gasteiger partial charge in [0.2, 0.25) is 0 Å². The second-order valence-corrected chi connectivity index (χ2v) is 6.86. The minimum Gasteiger partial charge on any atom is -0.324 e. The molecule has 17 heavy (non-hydrogen) atoms. The molecule has 0 spiro atoms. The van der Waals surface area contributed by atoms with Crippen LogP contribution in [0.1, 0.15) is 59.8 Å². The molecule has 0 aromatic rings. The largest absolute Gasteiger partial charge is 0.324 e. The summed E-state index contributed by atoms with van der Waals surface area (Å²) in [4.78, 5) is 2.61. The highest BCUT2D eigenvalue weighted by Gasteiger charge is 2.34. The highest BCUT2D eigenvalue weighted by atomic mass is 15.1. The molecular weight excluding hydrogens is 208 g/mol. The molecule has 0 saturated heterocycles. The summed E-state index contributed by atoms with van der Waals surface area (Å²) in [6.07, 6.45) is 6.39. The van der Waals surface area contributed by atoms with Gasteiger partial charge in [0.25, 0.3) is 0 Å². The molecule has 0 heterocycles. The van der Waals surface area contributed by atoms with Crippen LogP contribution in [-0.2, 0) is 0 Å². The van der Waals surface area contributed by atoms with E-state index in [4.69, 9.17) is 5.73 Å². The van der Waals surface area contributed by atoms with E-state index >= 15 is 0 Å². The monoisotopic (exact) mass is 240 g/mol. The van der Waals surface area contributed by atoms with Gasteiger partial charge in [-0.05, 0) is 57.0 Å². The fourth-order valence-corrected chi connectivity index (χ4v) is 2.39. The van der Waals surface area contributed by atoms with E-state index in [2.05, 4.69) is 32.6 Å². The van der Waals surface area contributed by atoms with Crippen LogP contribution in [-0.4, -0.2) is 30.1 Å². The van der Waals surface area contributed by atoms with Crippen LogP contribution in [0.3, 0.4) is 0 Å². The zero-order valence-corrected chi connectivity index (χ0v) is 12.3. The van der Waals surface area contributed by atoms with Crippen LogP contribution < -0.4 is 5.73 Å². The Bertz CT molecular complexity index is 195. The minimum absolute atomic E-state index is 0.147. The van der Waals surface area contributed by atoms with Crippen molar-refractivity contribution in [3.8, 4) is 0 Å². The zero-order chi connectivity index (χ0) is 12.9. The molecule has 0 aromatic carbocycles. The second-order valence-electron chi connectivity index (χ2n) is 6.86. The van der Waals surface area contributed by atoms with Gasteiger partial charge in [0, 0.05) is 12.1 Å². The van der Waals surface area contributed by atoms with Gasteiger partial charge in [-0.3, -0.25) is 0 Å². The first-order valence-corrected chi connectivity index (χ1v) is 7.42. The summed E-state index contributed by atoms with van der Waals surface area (Å²) in [5.41, 5.74) is 6.52. The Balaban J connectivity index is 2.34. The highest BCUT2D eigenvalue weighted by molar-refractivity contribution is 4.95. The third-order valence-electron chi connectivity index (χ3n) is 3.93. The summed E-state index contributed by atoms with van der Waals surface area (Å²) in [5.74, 6) is 1.60. The van der Waals surface area contributed by atoms with Crippen LogP contribution in [0, 0.1) is 11.8 Å². The fraction of sp³-hybridized carbons (Fsp3) is 1.00. The number of nitrogens with zero attached hydrogens (tertiary/aromatic N) is 1. The van der Waals surface area contributed by atoms with E-state index < -0.39 is 0 Å². The lowest BCUT2D eigenvalue weighted by Gasteiger charge is -2.42. The smallest absolute Gasteiger partial charge is 0.0283 e. The van der Waals surface area contributed by atoms with Crippen molar-refractivity contribution >= 4 is 0 Å². The molecule has 0 unspecified atom stereocenters. The number of nitrogens with two attached hydrogens (primary N) is 1. The van der Waals surface area contributed by atoms with E-state index in [9.17, 15) is 0 Å². The van der Waals surface area contributed by atoms with Gasteiger partial charge in [-0.25, -0.2) is 0 Å². The zero-order valence-electron chi connectivity index (χ0n) is 12.3. The lowest BCUT2D eigenvalue weighted by Crippen LogP contribution is -2.55. The third kappa shape index (κ3) is 5.87. The first kappa shape index (κ1) is 15.0. The maximum atomic E-state index is 6.37. The van der Waals surface area contributed by atoms with Crippen LogP contribution in [0.4, 0.5) is 0 Å². The Morgan fingerprint density at radius 2 is 1.47 bits per heavy atom. The molecule has 1 aliphatic carbocycles. The molecule has 1 rings (SSSR count). The molecule has 1 saturated carbocycles. The van der Waals surface area contributed by atoms with Gasteiger partial charge in [0.1, 0.15) is 0 Å². The van der Waals surface area contributed by atoms with Gasteiger partial charge in [-0.15, -0.1) is 0 Å². The molecule has 0 amide bonds. The van der Waals surface area contributed by atoms with Crippen molar-refractivity contribution in [2.45, 2.75) is 65.3 Å². The standard InChI is InChI=1S/C15H32N2/c1-13(2)6-10-17(11-7-14(3)4)12-15(16)8-5-9-15/h13-14H,5-12,16H2,1-4H3. The first-order chi connectivity index (χ1) is 7.91. The predicted octanol–water partition coefficient (Wildman–Crippen LogP) is 3.26. The van der Waals surface area contributed by atoms with Gasteiger partial charge < -0.3 is 10.6 Å². The van der Waals surface area contributed by atoms with Gasteiger partial charge in [0.15, 0.2) is 0 Å². The third-order valence-corrected chi connectivity index (χ3v) is 3.93. The summed E-state index contributed by atoms with van der Waals surface area (Å²) >= 11 is 0. The molecule has 0 radical (unpaired) electrons. The average molecular weight is 240 g/mol. The maximum absolute atomic E-state index is 6.37. The molecule has 0 bridgehead atoms. The molecule has 0 aromatic heterocycles. The SMILES string of the molecule is CC(C)CCN(CCC(C)C)CC1(N)CCC1. The number of hydrogen-bond acceptors (Lipinski definition) is 2. The summed E-state index contributed by atoms with van der Waals surface area (Å²) in [6, 6.07) is 0. The van der Waals surface area contributed by atoms with Crippen LogP contribution in [0.15, 0.2) is 0 Å². The summed E-state index contributed by atoms with van der Waals surface area (Å²) in [7, 11) is 0. The molecule has 1 fully saturated rings. The Hall–Kier alpha value is -0.0800. The van der Waals surface area contributed by atoms with E-state index in [0.717, 1.165) is 18.4 Å². The molecular formula is C15H32N2. The Morgan fingerprint density at radius 1 is 1.00 bits per heavy atom. The molecule has 102 valence electrons. The Morgan fingerprint density at radius 3 is 1.76 bits per heavy atom. The normalized spacial score (nSPS) is 19.1. The first-order valence-electron chi connectivity index (χ1n) is 7.42. The van der Waals surface area contributed by atoms with E-state index in [1.165, 1.54) is 45.2 Å². The molecule has 0 atom stereocenters. The topological polar surface area (TPSA) is 29.3 Å². The van der Waals surface area contributed by atoms with Gasteiger partial charge >= 0.3 is 0 Å². The lowest BCUT2D eigenvalue weighted by molar-refractivity contribution is 0.135. The molecule has 0 aliphatic heterocycles. The van der Waals surface area contributed by atoms with Gasteiger partial charge in [-0.2, -0.15) is 0 Å². The molecule has 1 aliphatic rings. The number of hydrogen-bond donors (Lipinski definition) is 1. The van der Waals surface area contributed by atoms with E-state index in [0.29, 0.717) is 0 Å². The van der Waals surface area contributed by atoms with E-state index in [-0.39, 0.29) is 5.54 Å². The minimum atomic E-state index is 0.147. The van der Waals surface area contributed by atoms with Crippen molar-refractivity contribution in [2.75, 3.05) is 19.6 Å².